The maximum Gasteiger partial charge on any atom is 0.411 e. The van der Waals surface area contributed by atoms with E-state index in [-0.39, 0.29) is 12.8 Å². The fraction of sp³-hybridized carbons (Fsp3) is 0.900. The van der Waals surface area contributed by atoms with E-state index in [0.717, 1.165) is 0 Å². The molecule has 3 nitrogen and oxygen atoms in total. The minimum absolute atomic E-state index is 0.0564. The molecule has 3 N–H and O–H groups in total. The van der Waals surface area contributed by atoms with E-state index in [0.29, 0.717) is 0 Å². The van der Waals surface area contributed by atoms with Crippen molar-refractivity contribution < 1.29 is 18.0 Å². The van der Waals surface area contributed by atoms with E-state index in [1.165, 1.54) is 0 Å². The van der Waals surface area contributed by atoms with Gasteiger partial charge in [0.15, 0.2) is 0 Å². The topological polar surface area (TPSA) is 55.1 Å². The fourth-order valence-electron chi connectivity index (χ4n) is 1.31. The van der Waals surface area contributed by atoms with Crippen molar-refractivity contribution in [2.24, 2.45) is 11.1 Å². The van der Waals surface area contributed by atoms with Gasteiger partial charge in [-0.05, 0) is 18.3 Å². The van der Waals surface area contributed by atoms with Crippen molar-refractivity contribution in [2.45, 2.75) is 51.4 Å². The highest BCUT2D eigenvalue weighted by atomic mass is 19.4. The number of rotatable bonds is 2. The average molecular weight is 238 g/mol. The van der Waals surface area contributed by atoms with Crippen molar-refractivity contribution >= 4 is 5.91 Å². The molecular weight excluding hydrogens is 221 g/mol. The van der Waals surface area contributed by atoms with E-state index >= 15 is 0 Å². The predicted octanol–water partition coefficient (Wildman–Crippen LogP) is 1.57. The Morgan fingerprint density at radius 2 is 1.75 bits per heavy atom. The second-order valence-corrected chi connectivity index (χ2v) is 5.41. The smallest absolute Gasteiger partial charge is 0.341 e. The Bertz CT molecular complexity index is 289. The number of hydrogen-bond donors (Lipinski definition) is 2. The lowest BCUT2D eigenvalue weighted by molar-refractivity contribution is -0.171. The lowest BCUT2D eigenvalue weighted by Gasteiger charge is -2.29. The van der Waals surface area contributed by atoms with Crippen LogP contribution in [0.25, 0.3) is 0 Å². The molecule has 1 rings (SSSR count). The summed E-state index contributed by atoms with van der Waals surface area (Å²) in [5.74, 6) is -0.734. The van der Waals surface area contributed by atoms with Crippen LogP contribution in [-0.4, -0.2) is 23.7 Å². The first-order valence-corrected chi connectivity index (χ1v) is 5.14. The number of amides is 1. The Balaban J connectivity index is 2.67. The number of alkyl halides is 3. The first kappa shape index (κ1) is 13.3. The molecule has 1 saturated carbocycles. The molecule has 0 unspecified atom stereocenters. The zero-order valence-corrected chi connectivity index (χ0v) is 9.61. The first-order valence-electron chi connectivity index (χ1n) is 5.14. The Hall–Kier alpha value is -0.780. The summed E-state index contributed by atoms with van der Waals surface area (Å²) in [5.41, 5.74) is 3.02. The van der Waals surface area contributed by atoms with E-state index < -0.39 is 29.1 Å². The van der Waals surface area contributed by atoms with Crippen LogP contribution in [0.5, 0.6) is 0 Å². The number of hydrogen-bond acceptors (Lipinski definition) is 2. The quantitative estimate of drug-likeness (QED) is 0.767. The van der Waals surface area contributed by atoms with Crippen LogP contribution in [0, 0.1) is 5.41 Å². The number of carbonyl (C=O) groups excluding carboxylic acids is 1. The largest absolute Gasteiger partial charge is 0.411 e. The number of halogens is 3. The van der Waals surface area contributed by atoms with E-state index in [1.54, 1.807) is 20.8 Å². The average Bonchev–Trinajstić information content (AvgIpc) is 2.81. The monoisotopic (exact) mass is 238 g/mol. The summed E-state index contributed by atoms with van der Waals surface area (Å²) in [5, 5.41) is 2.02. The van der Waals surface area contributed by atoms with Crippen LogP contribution in [0.1, 0.15) is 33.6 Å². The maximum atomic E-state index is 12.6. The van der Waals surface area contributed by atoms with E-state index in [1.807, 2.05) is 5.32 Å². The molecular formula is C10H17F3N2O. The molecule has 0 saturated heterocycles. The minimum atomic E-state index is -4.39. The minimum Gasteiger partial charge on any atom is -0.341 e. The molecule has 0 aromatic carbocycles. The highest BCUT2D eigenvalue weighted by Gasteiger charge is 2.64. The van der Waals surface area contributed by atoms with Gasteiger partial charge in [-0.3, -0.25) is 4.79 Å². The summed E-state index contributed by atoms with van der Waals surface area (Å²) in [6.45, 7) is 5.14. The molecule has 0 aliphatic heterocycles. The van der Waals surface area contributed by atoms with Gasteiger partial charge in [-0.1, -0.05) is 20.8 Å². The molecule has 0 radical (unpaired) electrons. The number of carbonyl (C=O) groups is 1. The van der Waals surface area contributed by atoms with E-state index in [2.05, 4.69) is 0 Å². The van der Waals surface area contributed by atoms with Gasteiger partial charge in [0.25, 0.3) is 0 Å². The molecule has 94 valence electrons. The molecule has 0 bridgehead atoms. The van der Waals surface area contributed by atoms with Crippen LogP contribution in [0.3, 0.4) is 0 Å². The SMILES string of the molecule is CC(C)(C)[C@@H](N)C(=O)NC1(C(F)(F)F)CC1. The summed E-state index contributed by atoms with van der Waals surface area (Å²) in [7, 11) is 0. The molecule has 1 aliphatic rings. The van der Waals surface area contributed by atoms with Gasteiger partial charge in [-0.15, -0.1) is 0 Å². The van der Waals surface area contributed by atoms with Crippen molar-refractivity contribution in [2.75, 3.05) is 0 Å². The first-order chi connectivity index (χ1) is 7.00. The lowest BCUT2D eigenvalue weighted by atomic mass is 9.86. The van der Waals surface area contributed by atoms with Crippen LogP contribution in [0.15, 0.2) is 0 Å². The Morgan fingerprint density at radius 1 is 1.31 bits per heavy atom. The third-order valence-electron chi connectivity index (χ3n) is 2.87. The van der Waals surface area contributed by atoms with Crippen molar-refractivity contribution in [3.63, 3.8) is 0 Å². The van der Waals surface area contributed by atoms with Crippen molar-refractivity contribution in [1.82, 2.24) is 5.32 Å². The second kappa shape index (κ2) is 3.61. The summed E-state index contributed by atoms with van der Waals surface area (Å²) >= 11 is 0. The highest BCUT2D eigenvalue weighted by Crippen LogP contribution is 2.49. The molecule has 0 spiro atoms. The maximum absolute atomic E-state index is 12.6. The molecule has 1 fully saturated rings. The Kier molecular flexibility index (Phi) is 3.00. The molecule has 1 atom stereocenters. The highest BCUT2D eigenvalue weighted by molar-refractivity contribution is 5.83. The van der Waals surface area contributed by atoms with Crippen LogP contribution < -0.4 is 11.1 Å². The lowest BCUT2D eigenvalue weighted by Crippen LogP contribution is -2.56. The van der Waals surface area contributed by atoms with Crippen molar-refractivity contribution in [3.8, 4) is 0 Å². The molecule has 0 heterocycles. The fourth-order valence-corrected chi connectivity index (χ4v) is 1.31. The standard InChI is InChI=1S/C10H17F3N2O/c1-8(2,3)6(14)7(16)15-9(4-5-9)10(11,12)13/h6H,4-5,14H2,1-3H3,(H,15,16)/t6-/m0/s1. The van der Waals surface area contributed by atoms with Gasteiger partial charge >= 0.3 is 6.18 Å². The normalized spacial score (nSPS) is 21.4. The van der Waals surface area contributed by atoms with E-state index in [4.69, 9.17) is 5.73 Å². The summed E-state index contributed by atoms with van der Waals surface area (Å²) in [4.78, 5) is 11.6. The van der Waals surface area contributed by atoms with Gasteiger partial charge in [-0.25, -0.2) is 0 Å². The second-order valence-electron chi connectivity index (χ2n) is 5.41. The molecule has 6 heteroatoms. The van der Waals surface area contributed by atoms with Gasteiger partial charge in [0.1, 0.15) is 5.54 Å². The van der Waals surface area contributed by atoms with Gasteiger partial charge in [-0.2, -0.15) is 13.2 Å². The molecule has 1 amide bonds. The van der Waals surface area contributed by atoms with Gasteiger partial charge in [0.2, 0.25) is 5.91 Å². The zero-order valence-electron chi connectivity index (χ0n) is 9.61. The molecule has 16 heavy (non-hydrogen) atoms. The number of nitrogens with one attached hydrogen (secondary N) is 1. The van der Waals surface area contributed by atoms with Gasteiger partial charge < -0.3 is 11.1 Å². The predicted molar refractivity (Wildman–Crippen MR) is 53.6 cm³/mol. The summed E-state index contributed by atoms with van der Waals surface area (Å²) in [6, 6.07) is -0.938. The number of nitrogens with two attached hydrogens (primary N) is 1. The summed E-state index contributed by atoms with van der Waals surface area (Å²) < 4.78 is 37.7. The molecule has 1 aliphatic carbocycles. The Labute approximate surface area is 92.6 Å². The third kappa shape index (κ3) is 2.48. The van der Waals surface area contributed by atoms with Crippen LogP contribution >= 0.6 is 0 Å². The summed E-state index contributed by atoms with van der Waals surface area (Å²) in [6.07, 6.45) is -4.50. The van der Waals surface area contributed by atoms with Crippen molar-refractivity contribution in [3.05, 3.63) is 0 Å². The van der Waals surface area contributed by atoms with Crippen LogP contribution in [-0.2, 0) is 4.79 Å². The van der Waals surface area contributed by atoms with Crippen molar-refractivity contribution in [1.29, 1.82) is 0 Å². The van der Waals surface area contributed by atoms with E-state index in [9.17, 15) is 18.0 Å². The van der Waals surface area contributed by atoms with Crippen LogP contribution in [0.4, 0.5) is 13.2 Å². The molecule has 0 aromatic rings. The Morgan fingerprint density at radius 3 is 2.00 bits per heavy atom. The van der Waals surface area contributed by atoms with Gasteiger partial charge in [0, 0.05) is 0 Å². The third-order valence-corrected chi connectivity index (χ3v) is 2.87. The van der Waals surface area contributed by atoms with Gasteiger partial charge in [0.05, 0.1) is 6.04 Å². The van der Waals surface area contributed by atoms with Crippen LogP contribution in [0.2, 0.25) is 0 Å². The molecule has 0 aromatic heterocycles. The zero-order chi connectivity index (χ0) is 12.8.